The van der Waals surface area contributed by atoms with Crippen molar-refractivity contribution in [1.29, 1.82) is 0 Å². The fraction of sp³-hybridized carbons (Fsp3) is 0.241. The van der Waals surface area contributed by atoms with Crippen LogP contribution in [0.15, 0.2) is 72.3 Å². The number of ketones is 1. The lowest BCUT2D eigenvalue weighted by atomic mass is 9.94. The van der Waals surface area contributed by atoms with Crippen molar-refractivity contribution in [3.8, 4) is 17.2 Å². The van der Waals surface area contributed by atoms with Crippen molar-refractivity contribution >= 4 is 34.7 Å². The average Bonchev–Trinajstić information content (AvgIpc) is 3.17. The van der Waals surface area contributed by atoms with Crippen LogP contribution < -0.4 is 19.1 Å². The lowest BCUT2D eigenvalue weighted by Crippen LogP contribution is -2.29. The number of amides is 1. The zero-order valence-electron chi connectivity index (χ0n) is 20.9. The van der Waals surface area contributed by atoms with Crippen molar-refractivity contribution in [1.82, 2.24) is 0 Å². The number of ether oxygens (including phenoxy) is 3. The molecule has 1 saturated heterocycles. The summed E-state index contributed by atoms with van der Waals surface area (Å²) in [4.78, 5) is 28.1. The zero-order chi connectivity index (χ0) is 26.5. The van der Waals surface area contributed by atoms with E-state index in [2.05, 4.69) is 0 Å². The maximum Gasteiger partial charge on any atom is 0.300 e. The summed E-state index contributed by atoms with van der Waals surface area (Å²) in [5, 5.41) is 11.8. The monoisotopic (exact) mass is 521 g/mol. The van der Waals surface area contributed by atoms with Gasteiger partial charge in [0.15, 0.2) is 11.5 Å². The molecule has 0 aromatic heterocycles. The summed E-state index contributed by atoms with van der Waals surface area (Å²) in [5.41, 5.74) is 1.33. The lowest BCUT2D eigenvalue weighted by Gasteiger charge is -2.26. The highest BCUT2D eigenvalue weighted by molar-refractivity contribution is 6.51. The van der Waals surface area contributed by atoms with Gasteiger partial charge in [-0.1, -0.05) is 30.7 Å². The second-order valence-corrected chi connectivity index (χ2v) is 8.80. The third-order valence-electron chi connectivity index (χ3n) is 5.93. The molecule has 3 aromatic rings. The van der Waals surface area contributed by atoms with E-state index in [4.69, 9.17) is 25.8 Å². The van der Waals surface area contributed by atoms with Gasteiger partial charge in [-0.15, -0.1) is 0 Å². The van der Waals surface area contributed by atoms with Gasteiger partial charge in [0.2, 0.25) is 0 Å². The molecule has 0 aliphatic carbocycles. The molecule has 1 aliphatic heterocycles. The van der Waals surface area contributed by atoms with Crippen molar-refractivity contribution in [2.75, 3.05) is 25.2 Å². The normalized spacial score (nSPS) is 16.6. The number of Topliss-reactive ketones (excluding diaryl/α,β-unsaturated/α-hetero) is 1. The van der Waals surface area contributed by atoms with Crippen LogP contribution in [0.2, 0.25) is 5.02 Å². The number of rotatable bonds is 9. The van der Waals surface area contributed by atoms with E-state index in [1.807, 2.05) is 13.8 Å². The predicted octanol–water partition coefficient (Wildman–Crippen LogP) is 6.16. The molecule has 7 nitrogen and oxygen atoms in total. The van der Waals surface area contributed by atoms with E-state index in [-0.39, 0.29) is 11.3 Å². The highest BCUT2D eigenvalue weighted by Crippen LogP contribution is 2.44. The molecule has 1 N–H and O–H groups in total. The number of methoxy groups -OCH3 is 1. The highest BCUT2D eigenvalue weighted by atomic mass is 35.5. The molecule has 4 rings (SSSR count). The Hall–Kier alpha value is -3.97. The topological polar surface area (TPSA) is 85.3 Å². The van der Waals surface area contributed by atoms with Gasteiger partial charge < -0.3 is 19.3 Å². The van der Waals surface area contributed by atoms with Crippen molar-refractivity contribution < 1.29 is 28.9 Å². The van der Waals surface area contributed by atoms with E-state index in [0.29, 0.717) is 52.3 Å². The molecule has 3 aromatic carbocycles. The number of hydrogen-bond donors (Lipinski definition) is 1. The number of benzene rings is 3. The third kappa shape index (κ3) is 5.27. The minimum absolute atomic E-state index is 0.0418. The Kier molecular flexibility index (Phi) is 8.04. The molecule has 1 amide bonds. The van der Waals surface area contributed by atoms with Crippen molar-refractivity contribution in [2.45, 2.75) is 26.3 Å². The van der Waals surface area contributed by atoms with Crippen molar-refractivity contribution in [3.05, 3.63) is 88.5 Å². The highest BCUT2D eigenvalue weighted by Gasteiger charge is 2.47. The second-order valence-electron chi connectivity index (χ2n) is 8.37. The van der Waals surface area contributed by atoms with E-state index in [0.717, 1.165) is 6.42 Å². The van der Waals surface area contributed by atoms with Gasteiger partial charge in [-0.05, 0) is 73.5 Å². The van der Waals surface area contributed by atoms with Crippen LogP contribution >= 0.6 is 11.6 Å². The minimum Gasteiger partial charge on any atom is -0.507 e. The average molecular weight is 522 g/mol. The van der Waals surface area contributed by atoms with Gasteiger partial charge in [-0.25, -0.2) is 0 Å². The smallest absolute Gasteiger partial charge is 0.300 e. The van der Waals surface area contributed by atoms with Crippen LogP contribution in [0.5, 0.6) is 17.2 Å². The second kappa shape index (κ2) is 11.4. The van der Waals surface area contributed by atoms with Crippen LogP contribution in [0.4, 0.5) is 5.69 Å². The quantitative estimate of drug-likeness (QED) is 0.206. The fourth-order valence-electron chi connectivity index (χ4n) is 4.26. The van der Waals surface area contributed by atoms with Gasteiger partial charge in [-0.3, -0.25) is 14.5 Å². The number of carbonyl (C=O) groups is 2. The predicted molar refractivity (Wildman–Crippen MR) is 143 cm³/mol. The number of nitrogens with zero attached hydrogens (tertiary/aromatic N) is 1. The van der Waals surface area contributed by atoms with Crippen LogP contribution in [-0.4, -0.2) is 37.1 Å². The minimum atomic E-state index is -0.931. The fourth-order valence-corrected chi connectivity index (χ4v) is 4.44. The third-order valence-corrected chi connectivity index (χ3v) is 6.17. The van der Waals surface area contributed by atoms with E-state index in [1.165, 1.54) is 12.0 Å². The Bertz CT molecular complexity index is 1330. The summed E-state index contributed by atoms with van der Waals surface area (Å²) in [6.07, 6.45) is 0.861. The van der Waals surface area contributed by atoms with Crippen molar-refractivity contribution in [2.24, 2.45) is 0 Å². The SMILES string of the molecule is CCCOc1ccc(/C(O)=C2/C(=O)C(=O)N(c3cccc(Cl)c3)C2c2ccc(OC)c(OCC)c2)cc1. The van der Waals surface area contributed by atoms with Gasteiger partial charge >= 0.3 is 0 Å². The maximum atomic E-state index is 13.4. The molecule has 192 valence electrons. The molecular weight excluding hydrogens is 494 g/mol. The molecule has 1 heterocycles. The Labute approximate surface area is 220 Å². The molecule has 0 radical (unpaired) electrons. The molecule has 0 spiro atoms. The molecule has 8 heteroatoms. The summed E-state index contributed by atoms with van der Waals surface area (Å²) in [7, 11) is 1.53. The van der Waals surface area contributed by atoms with Gasteiger partial charge in [0, 0.05) is 16.3 Å². The molecule has 1 fully saturated rings. The first-order valence-corrected chi connectivity index (χ1v) is 12.4. The summed E-state index contributed by atoms with van der Waals surface area (Å²) in [5.74, 6) is -0.257. The Morgan fingerprint density at radius 1 is 0.973 bits per heavy atom. The summed E-state index contributed by atoms with van der Waals surface area (Å²) < 4.78 is 16.8. The van der Waals surface area contributed by atoms with Crippen LogP contribution in [0.1, 0.15) is 37.4 Å². The number of aliphatic hydroxyl groups excluding tert-OH is 1. The molecule has 0 bridgehead atoms. The molecular formula is C29H28ClNO6. The standard InChI is InChI=1S/C29H28ClNO6/c1-4-15-37-22-12-9-18(10-13-22)27(32)25-26(19-11-14-23(35-3)24(16-19)36-5-2)31(29(34)28(25)33)21-8-6-7-20(30)17-21/h6-14,16-17,26,32H,4-5,15H2,1-3H3/b27-25-. The van der Waals surface area contributed by atoms with Crippen LogP contribution in [0.25, 0.3) is 5.76 Å². The van der Waals surface area contributed by atoms with Crippen LogP contribution in [0.3, 0.4) is 0 Å². The lowest BCUT2D eigenvalue weighted by molar-refractivity contribution is -0.132. The molecule has 1 aliphatic rings. The van der Waals surface area contributed by atoms with Gasteiger partial charge in [-0.2, -0.15) is 0 Å². The first-order chi connectivity index (χ1) is 17.9. The van der Waals surface area contributed by atoms with Crippen molar-refractivity contribution in [3.63, 3.8) is 0 Å². The number of hydrogen-bond acceptors (Lipinski definition) is 6. The first-order valence-electron chi connectivity index (χ1n) is 12.0. The summed E-state index contributed by atoms with van der Waals surface area (Å²) in [6, 6.07) is 17.6. The van der Waals surface area contributed by atoms with Crippen LogP contribution in [-0.2, 0) is 9.59 Å². The van der Waals surface area contributed by atoms with Crippen LogP contribution in [0, 0.1) is 0 Å². The molecule has 0 saturated carbocycles. The maximum absolute atomic E-state index is 13.4. The number of anilines is 1. The number of carbonyl (C=O) groups excluding carboxylic acids is 2. The Balaban J connectivity index is 1.89. The zero-order valence-corrected chi connectivity index (χ0v) is 21.6. The first kappa shape index (κ1) is 26.1. The van der Waals surface area contributed by atoms with E-state index >= 15 is 0 Å². The largest absolute Gasteiger partial charge is 0.507 e. The Morgan fingerprint density at radius 2 is 1.73 bits per heavy atom. The van der Waals surface area contributed by atoms with E-state index < -0.39 is 17.7 Å². The van der Waals surface area contributed by atoms with E-state index in [9.17, 15) is 14.7 Å². The molecule has 1 unspecified atom stereocenters. The molecule has 37 heavy (non-hydrogen) atoms. The van der Waals surface area contributed by atoms with E-state index in [1.54, 1.807) is 66.7 Å². The summed E-state index contributed by atoms with van der Waals surface area (Å²) in [6.45, 7) is 4.81. The van der Waals surface area contributed by atoms with Gasteiger partial charge in [0.1, 0.15) is 11.5 Å². The number of halogens is 1. The Morgan fingerprint density at radius 3 is 2.38 bits per heavy atom. The van der Waals surface area contributed by atoms with Gasteiger partial charge in [0.05, 0.1) is 31.9 Å². The number of aliphatic hydroxyl groups is 1. The van der Waals surface area contributed by atoms with Gasteiger partial charge in [0.25, 0.3) is 11.7 Å². The summed E-state index contributed by atoms with van der Waals surface area (Å²) >= 11 is 6.22. The molecule has 1 atom stereocenters.